The van der Waals surface area contributed by atoms with Crippen LogP contribution in [0.4, 0.5) is 5.69 Å². The summed E-state index contributed by atoms with van der Waals surface area (Å²) in [7, 11) is 0. The van der Waals surface area contributed by atoms with Crippen LogP contribution in [-0.2, 0) is 0 Å². The van der Waals surface area contributed by atoms with Gasteiger partial charge in [0.25, 0.3) is 5.91 Å². The molecule has 0 atom stereocenters. The fourth-order valence-corrected chi connectivity index (χ4v) is 4.18. The number of amides is 1. The number of hydrogen-bond acceptors (Lipinski definition) is 4. The van der Waals surface area contributed by atoms with Gasteiger partial charge in [-0.3, -0.25) is 9.59 Å². The maximum Gasteiger partial charge on any atom is 0.265 e. The molecule has 0 aliphatic rings. The van der Waals surface area contributed by atoms with Crippen LogP contribution in [-0.4, -0.2) is 17.4 Å². The molecule has 0 spiro atoms. The summed E-state index contributed by atoms with van der Waals surface area (Å²) >= 11 is 14.7. The van der Waals surface area contributed by atoms with Gasteiger partial charge in [0, 0.05) is 21.2 Å². The van der Waals surface area contributed by atoms with E-state index in [-0.39, 0.29) is 17.4 Å². The minimum atomic E-state index is -0.147. The molecule has 132 valence electrons. The molecule has 2 aromatic carbocycles. The summed E-state index contributed by atoms with van der Waals surface area (Å²) in [5.41, 5.74) is 1.14. The molecular weight excluding hydrogens is 409 g/mol. The number of carbonyl (C=O) groups is 2. The Bertz CT molecular complexity index is 942. The van der Waals surface area contributed by atoms with Crippen LogP contribution >= 0.6 is 46.3 Å². The van der Waals surface area contributed by atoms with E-state index in [2.05, 4.69) is 5.32 Å². The largest absolute Gasteiger partial charge is 0.321 e. The second-order valence-corrected chi connectivity index (χ2v) is 8.14. The molecule has 0 unspecified atom stereocenters. The normalized spacial score (nSPS) is 10.5. The Labute approximate surface area is 169 Å². The molecule has 0 saturated carbocycles. The molecule has 1 aromatic heterocycles. The number of anilines is 1. The number of hydrogen-bond donors (Lipinski definition) is 1. The molecule has 0 bridgehead atoms. The van der Waals surface area contributed by atoms with E-state index < -0.39 is 0 Å². The summed E-state index contributed by atoms with van der Waals surface area (Å²) in [6.07, 6.45) is 0. The van der Waals surface area contributed by atoms with E-state index in [0.29, 0.717) is 26.2 Å². The molecule has 3 rings (SSSR count). The number of thiophene rings is 1. The van der Waals surface area contributed by atoms with Gasteiger partial charge in [-0.2, -0.15) is 0 Å². The van der Waals surface area contributed by atoms with Gasteiger partial charge < -0.3 is 5.32 Å². The van der Waals surface area contributed by atoms with Crippen LogP contribution in [0.15, 0.2) is 64.9 Å². The van der Waals surface area contributed by atoms with Crippen molar-refractivity contribution in [2.45, 2.75) is 4.90 Å². The van der Waals surface area contributed by atoms with Gasteiger partial charge in [-0.05, 0) is 47.8 Å². The zero-order chi connectivity index (χ0) is 18.5. The molecule has 7 heteroatoms. The number of Topliss-reactive ketones (excluding diaryl/α,β-unsaturated/α-hetero) is 1. The summed E-state index contributed by atoms with van der Waals surface area (Å²) in [5.74, 6) is 0.0137. The Kier molecular flexibility index (Phi) is 6.38. The van der Waals surface area contributed by atoms with Gasteiger partial charge in [0.05, 0.1) is 15.7 Å². The molecular formula is C19H13Cl2NO2S2. The summed E-state index contributed by atoms with van der Waals surface area (Å²) in [6, 6.07) is 15.8. The number of nitrogens with one attached hydrogen (secondary N) is 1. The number of carbonyl (C=O) groups excluding carboxylic acids is 2. The first-order valence-corrected chi connectivity index (χ1v) is 10.2. The van der Waals surface area contributed by atoms with E-state index >= 15 is 0 Å². The fourth-order valence-electron chi connectivity index (χ4n) is 2.21. The number of halogens is 2. The standard InChI is InChI=1S/C19H13Cl2NO2S2/c20-12-6-7-15(16(21)9-12)17(23)11-26-14-4-1-3-13(10-14)22-19(24)18-5-2-8-25-18/h1-10H,11H2,(H,22,24). The van der Waals surface area contributed by atoms with Crippen LogP contribution in [0.5, 0.6) is 0 Å². The Morgan fingerprint density at radius 2 is 1.88 bits per heavy atom. The topological polar surface area (TPSA) is 46.2 Å². The van der Waals surface area contributed by atoms with Gasteiger partial charge in [0.2, 0.25) is 0 Å². The van der Waals surface area contributed by atoms with E-state index in [4.69, 9.17) is 23.2 Å². The zero-order valence-electron chi connectivity index (χ0n) is 13.4. The number of rotatable bonds is 6. The predicted molar refractivity (Wildman–Crippen MR) is 110 cm³/mol. The van der Waals surface area contributed by atoms with Gasteiger partial charge in [-0.25, -0.2) is 0 Å². The lowest BCUT2D eigenvalue weighted by Gasteiger charge is -2.07. The van der Waals surface area contributed by atoms with Crippen LogP contribution in [0.1, 0.15) is 20.0 Å². The number of thioether (sulfide) groups is 1. The molecule has 3 aromatic rings. The van der Waals surface area contributed by atoms with Crippen LogP contribution in [0.25, 0.3) is 0 Å². The molecule has 0 radical (unpaired) electrons. The number of benzene rings is 2. The molecule has 1 N–H and O–H groups in total. The minimum Gasteiger partial charge on any atom is -0.321 e. The van der Waals surface area contributed by atoms with Crippen molar-refractivity contribution in [2.24, 2.45) is 0 Å². The van der Waals surface area contributed by atoms with Crippen molar-refractivity contribution in [1.82, 2.24) is 0 Å². The van der Waals surface area contributed by atoms with E-state index in [1.807, 2.05) is 35.7 Å². The average molecular weight is 422 g/mol. The SMILES string of the molecule is O=C(Nc1cccc(SCC(=O)c2ccc(Cl)cc2Cl)c1)c1cccs1. The van der Waals surface area contributed by atoms with Crippen molar-refractivity contribution in [3.8, 4) is 0 Å². The van der Waals surface area contributed by atoms with Crippen molar-refractivity contribution < 1.29 is 9.59 Å². The van der Waals surface area contributed by atoms with E-state index in [9.17, 15) is 9.59 Å². The average Bonchev–Trinajstić information content (AvgIpc) is 3.15. The summed E-state index contributed by atoms with van der Waals surface area (Å²) in [6.45, 7) is 0. The third-order valence-electron chi connectivity index (χ3n) is 3.44. The van der Waals surface area contributed by atoms with Crippen LogP contribution < -0.4 is 5.32 Å². The molecule has 1 amide bonds. The second kappa shape index (κ2) is 8.73. The van der Waals surface area contributed by atoms with E-state index in [0.717, 1.165) is 4.90 Å². The molecule has 0 fully saturated rings. The summed E-state index contributed by atoms with van der Waals surface area (Å²) in [4.78, 5) is 26.0. The first-order chi connectivity index (χ1) is 12.5. The Morgan fingerprint density at radius 3 is 2.62 bits per heavy atom. The van der Waals surface area contributed by atoms with Gasteiger partial charge in [0.1, 0.15) is 0 Å². The van der Waals surface area contributed by atoms with Crippen LogP contribution in [0.3, 0.4) is 0 Å². The minimum absolute atomic E-state index is 0.0790. The molecule has 1 heterocycles. The van der Waals surface area contributed by atoms with E-state index in [1.54, 1.807) is 24.3 Å². The maximum absolute atomic E-state index is 12.4. The van der Waals surface area contributed by atoms with Crippen LogP contribution in [0, 0.1) is 0 Å². The first kappa shape index (κ1) is 19.0. The second-order valence-electron chi connectivity index (χ2n) is 5.30. The van der Waals surface area contributed by atoms with Crippen molar-refractivity contribution in [3.63, 3.8) is 0 Å². The van der Waals surface area contributed by atoms with Gasteiger partial charge >= 0.3 is 0 Å². The van der Waals surface area contributed by atoms with Crippen molar-refractivity contribution in [1.29, 1.82) is 0 Å². The Balaban J connectivity index is 1.63. The highest BCUT2D eigenvalue weighted by Crippen LogP contribution is 2.26. The Hall–Kier alpha value is -1.79. The van der Waals surface area contributed by atoms with Crippen LogP contribution in [0.2, 0.25) is 10.0 Å². The lowest BCUT2D eigenvalue weighted by Crippen LogP contribution is -2.10. The van der Waals surface area contributed by atoms with Crippen molar-refractivity contribution in [3.05, 3.63) is 80.5 Å². The zero-order valence-corrected chi connectivity index (χ0v) is 16.5. The summed E-state index contributed by atoms with van der Waals surface area (Å²) in [5, 5.41) is 5.55. The lowest BCUT2D eigenvalue weighted by molar-refractivity contribution is 0.101. The first-order valence-electron chi connectivity index (χ1n) is 7.59. The quantitative estimate of drug-likeness (QED) is 0.376. The van der Waals surface area contributed by atoms with E-state index in [1.165, 1.54) is 23.1 Å². The van der Waals surface area contributed by atoms with Gasteiger partial charge in [-0.1, -0.05) is 35.3 Å². The monoisotopic (exact) mass is 421 g/mol. The Morgan fingerprint density at radius 1 is 1.04 bits per heavy atom. The molecule has 0 aliphatic carbocycles. The fraction of sp³-hybridized carbons (Fsp3) is 0.0526. The molecule has 3 nitrogen and oxygen atoms in total. The van der Waals surface area contributed by atoms with Gasteiger partial charge in [0.15, 0.2) is 5.78 Å². The molecule has 26 heavy (non-hydrogen) atoms. The maximum atomic E-state index is 12.4. The number of ketones is 1. The van der Waals surface area contributed by atoms with Crippen molar-refractivity contribution >= 4 is 63.7 Å². The molecule has 0 saturated heterocycles. The third-order valence-corrected chi connectivity index (χ3v) is 5.85. The third kappa shape index (κ3) is 4.89. The summed E-state index contributed by atoms with van der Waals surface area (Å²) < 4.78 is 0. The lowest BCUT2D eigenvalue weighted by atomic mass is 10.1. The highest BCUT2D eigenvalue weighted by atomic mass is 35.5. The predicted octanol–water partition coefficient (Wildman–Crippen LogP) is 6.28. The highest BCUT2D eigenvalue weighted by molar-refractivity contribution is 8.00. The highest BCUT2D eigenvalue weighted by Gasteiger charge is 2.12. The van der Waals surface area contributed by atoms with Gasteiger partial charge in [-0.15, -0.1) is 23.1 Å². The molecule has 0 aliphatic heterocycles. The smallest absolute Gasteiger partial charge is 0.265 e. The van der Waals surface area contributed by atoms with Crippen molar-refractivity contribution in [2.75, 3.05) is 11.1 Å².